The molecule has 42 valence electrons. The Hall–Kier alpha value is -0.170. The Morgan fingerprint density at radius 2 is 2.43 bits per heavy atom. The van der Waals surface area contributed by atoms with Crippen LogP contribution in [0.2, 0.25) is 0 Å². The van der Waals surface area contributed by atoms with E-state index < -0.39 is 0 Å². The Kier molecular flexibility index (Phi) is 3.90. The van der Waals surface area contributed by atoms with E-state index in [4.69, 9.17) is 11.6 Å². The second kappa shape index (κ2) is 4.00. The van der Waals surface area contributed by atoms with Crippen LogP contribution in [-0.2, 0) is 0 Å². The third-order valence-corrected chi connectivity index (χ3v) is 0.947. The van der Waals surface area contributed by atoms with Crippen LogP contribution in [0.3, 0.4) is 0 Å². The Morgan fingerprint density at radius 3 is 2.57 bits per heavy atom. The van der Waals surface area contributed by atoms with E-state index in [2.05, 4.69) is 5.32 Å². The molecule has 0 aromatic heterocycles. The Bertz CT molecular complexity index is 68.5. The summed E-state index contributed by atoms with van der Waals surface area (Å²) in [7, 11) is 0. The summed E-state index contributed by atoms with van der Waals surface area (Å²) < 4.78 is 0. The number of hydrogen-bond acceptors (Lipinski definition) is 1. The molecule has 0 aliphatic heterocycles. The molecule has 0 aromatic rings. The van der Waals surface area contributed by atoms with E-state index in [0.717, 1.165) is 12.2 Å². The summed E-state index contributed by atoms with van der Waals surface area (Å²) in [6.07, 6.45) is 0. The zero-order valence-corrected chi connectivity index (χ0v) is 5.42. The lowest BCUT2D eigenvalue weighted by molar-refractivity contribution is 0.857. The first-order valence-electron chi connectivity index (χ1n) is 2.32. The van der Waals surface area contributed by atoms with E-state index in [9.17, 15) is 0 Å². The van der Waals surface area contributed by atoms with Crippen LogP contribution in [0.1, 0.15) is 13.8 Å². The van der Waals surface area contributed by atoms with E-state index in [0.29, 0.717) is 0 Å². The first kappa shape index (κ1) is 6.83. The molecule has 0 saturated carbocycles. The maximum absolute atomic E-state index is 5.31. The molecule has 0 saturated heterocycles. The van der Waals surface area contributed by atoms with E-state index in [1.165, 1.54) is 5.54 Å². The van der Waals surface area contributed by atoms with Crippen LogP contribution in [-0.4, -0.2) is 6.54 Å². The monoisotopic (exact) mass is 119 g/mol. The Morgan fingerprint density at radius 1 is 1.86 bits per heavy atom. The molecule has 2 heteroatoms. The van der Waals surface area contributed by atoms with Gasteiger partial charge in [0.2, 0.25) is 0 Å². The SMILES string of the molecule is CCN/C(C)=C/Cl. The third kappa shape index (κ3) is 3.67. The number of hydrogen-bond donors (Lipinski definition) is 1. The Labute approximate surface area is 49.4 Å². The van der Waals surface area contributed by atoms with Gasteiger partial charge in [-0.2, -0.15) is 0 Å². The van der Waals surface area contributed by atoms with Gasteiger partial charge in [0.25, 0.3) is 0 Å². The fraction of sp³-hybridized carbons (Fsp3) is 0.600. The molecule has 1 N–H and O–H groups in total. The van der Waals surface area contributed by atoms with Crippen molar-refractivity contribution in [1.82, 2.24) is 5.32 Å². The van der Waals surface area contributed by atoms with Crippen LogP contribution in [0.5, 0.6) is 0 Å². The molecule has 0 aromatic carbocycles. The largest absolute Gasteiger partial charge is 0.388 e. The third-order valence-electron chi connectivity index (χ3n) is 0.619. The van der Waals surface area contributed by atoms with E-state index in [1.54, 1.807) is 0 Å². The van der Waals surface area contributed by atoms with Crippen molar-refractivity contribution in [2.45, 2.75) is 13.8 Å². The van der Waals surface area contributed by atoms with Crippen molar-refractivity contribution in [1.29, 1.82) is 0 Å². The quantitative estimate of drug-likeness (QED) is 0.584. The average molecular weight is 120 g/mol. The van der Waals surface area contributed by atoms with Gasteiger partial charge in [0.15, 0.2) is 0 Å². The molecule has 0 unspecified atom stereocenters. The number of allylic oxidation sites excluding steroid dienone is 1. The van der Waals surface area contributed by atoms with Crippen molar-refractivity contribution in [3.63, 3.8) is 0 Å². The predicted octanol–water partition coefficient (Wildman–Crippen LogP) is 1.70. The summed E-state index contributed by atoms with van der Waals surface area (Å²) in [6.45, 7) is 4.90. The van der Waals surface area contributed by atoms with Crippen LogP contribution < -0.4 is 5.32 Å². The van der Waals surface area contributed by atoms with Gasteiger partial charge >= 0.3 is 0 Å². The fourth-order valence-corrected chi connectivity index (χ4v) is 0.395. The van der Waals surface area contributed by atoms with E-state index in [-0.39, 0.29) is 0 Å². The van der Waals surface area contributed by atoms with Crippen molar-refractivity contribution in [3.8, 4) is 0 Å². The van der Waals surface area contributed by atoms with Crippen molar-refractivity contribution in [2.75, 3.05) is 6.54 Å². The van der Waals surface area contributed by atoms with E-state index >= 15 is 0 Å². The van der Waals surface area contributed by atoms with Gasteiger partial charge in [0.05, 0.1) is 0 Å². The topological polar surface area (TPSA) is 12.0 Å². The van der Waals surface area contributed by atoms with Gasteiger partial charge in [0, 0.05) is 17.8 Å². The predicted molar refractivity (Wildman–Crippen MR) is 33.3 cm³/mol. The molecular formula is C5H10ClN. The summed E-state index contributed by atoms with van der Waals surface area (Å²) in [6, 6.07) is 0. The van der Waals surface area contributed by atoms with Crippen LogP contribution in [0.25, 0.3) is 0 Å². The van der Waals surface area contributed by atoms with Gasteiger partial charge in [-0.05, 0) is 13.8 Å². The van der Waals surface area contributed by atoms with Crippen molar-refractivity contribution < 1.29 is 0 Å². The highest BCUT2D eigenvalue weighted by molar-refractivity contribution is 6.25. The van der Waals surface area contributed by atoms with Crippen LogP contribution in [0.15, 0.2) is 11.2 Å². The molecule has 0 rings (SSSR count). The molecule has 0 spiro atoms. The molecule has 0 amide bonds. The van der Waals surface area contributed by atoms with Gasteiger partial charge in [-0.3, -0.25) is 0 Å². The van der Waals surface area contributed by atoms with Crippen LogP contribution in [0, 0.1) is 0 Å². The maximum Gasteiger partial charge on any atom is 0.0229 e. The second-order valence-electron chi connectivity index (χ2n) is 1.32. The first-order valence-corrected chi connectivity index (χ1v) is 2.75. The molecule has 7 heavy (non-hydrogen) atoms. The summed E-state index contributed by atoms with van der Waals surface area (Å²) in [4.78, 5) is 0. The maximum atomic E-state index is 5.31. The standard InChI is InChI=1S/C5H10ClN/c1-3-7-5(2)4-6/h4,7H,3H2,1-2H3/b5-4+. The van der Waals surface area contributed by atoms with E-state index in [1.807, 2.05) is 13.8 Å². The molecule has 1 nitrogen and oxygen atoms in total. The lowest BCUT2D eigenvalue weighted by Gasteiger charge is -1.96. The fourth-order valence-electron chi connectivity index (χ4n) is 0.317. The molecule has 0 heterocycles. The van der Waals surface area contributed by atoms with Crippen molar-refractivity contribution >= 4 is 11.6 Å². The molecule has 0 aliphatic rings. The second-order valence-corrected chi connectivity index (χ2v) is 1.54. The minimum atomic E-state index is 0.940. The highest BCUT2D eigenvalue weighted by Gasteiger charge is 1.76. The van der Waals surface area contributed by atoms with Gasteiger partial charge in [0.1, 0.15) is 0 Å². The van der Waals surface area contributed by atoms with Crippen molar-refractivity contribution in [3.05, 3.63) is 11.2 Å². The summed E-state index contributed by atoms with van der Waals surface area (Å²) >= 11 is 5.31. The average Bonchev–Trinajstić information content (AvgIpc) is 1.68. The number of rotatable bonds is 2. The van der Waals surface area contributed by atoms with Crippen LogP contribution in [0.4, 0.5) is 0 Å². The summed E-state index contributed by atoms with van der Waals surface area (Å²) in [5.41, 5.74) is 2.55. The van der Waals surface area contributed by atoms with Gasteiger partial charge in [-0.15, -0.1) is 0 Å². The molecule has 0 radical (unpaired) electrons. The van der Waals surface area contributed by atoms with Crippen LogP contribution >= 0.6 is 11.6 Å². The van der Waals surface area contributed by atoms with Gasteiger partial charge < -0.3 is 5.32 Å². The molecule has 0 aliphatic carbocycles. The molecule has 0 bridgehead atoms. The van der Waals surface area contributed by atoms with Gasteiger partial charge in [-0.25, -0.2) is 0 Å². The molecule has 0 atom stereocenters. The highest BCUT2D eigenvalue weighted by Crippen LogP contribution is 1.86. The zero-order chi connectivity index (χ0) is 5.70. The molecular weight excluding hydrogens is 110 g/mol. The zero-order valence-electron chi connectivity index (χ0n) is 4.66. The summed E-state index contributed by atoms with van der Waals surface area (Å²) in [5.74, 6) is 0. The highest BCUT2D eigenvalue weighted by atomic mass is 35.5. The molecule has 0 fully saturated rings. The van der Waals surface area contributed by atoms with Crippen molar-refractivity contribution in [2.24, 2.45) is 0 Å². The van der Waals surface area contributed by atoms with Gasteiger partial charge in [-0.1, -0.05) is 11.6 Å². The number of nitrogens with one attached hydrogen (secondary N) is 1. The minimum Gasteiger partial charge on any atom is -0.388 e. The lowest BCUT2D eigenvalue weighted by Crippen LogP contribution is -2.07. The minimum absolute atomic E-state index is 0.940. The normalized spacial score (nSPS) is 11.6. The lowest BCUT2D eigenvalue weighted by atomic mass is 10.5. The number of halogens is 1. The summed E-state index contributed by atoms with van der Waals surface area (Å²) in [5, 5.41) is 3.02. The smallest absolute Gasteiger partial charge is 0.0229 e. The Balaban J connectivity index is 3.17. The first-order chi connectivity index (χ1) is 3.31.